The van der Waals surface area contributed by atoms with Crippen LogP contribution in [0.2, 0.25) is 0 Å². The molecule has 26 heavy (non-hydrogen) atoms. The number of benzene rings is 1. The third-order valence-electron chi connectivity index (χ3n) is 5.48. The molecule has 7 nitrogen and oxygen atoms in total. The summed E-state index contributed by atoms with van der Waals surface area (Å²) in [5.41, 5.74) is 0.0286. The molecule has 3 heterocycles. The van der Waals surface area contributed by atoms with Gasteiger partial charge in [0.15, 0.2) is 5.78 Å². The molecule has 3 aliphatic heterocycles. The van der Waals surface area contributed by atoms with E-state index in [2.05, 4.69) is 0 Å². The van der Waals surface area contributed by atoms with Crippen molar-refractivity contribution in [2.45, 2.75) is 31.3 Å². The molecule has 3 aliphatic rings. The first-order valence-corrected chi connectivity index (χ1v) is 10.5. The molecule has 8 heteroatoms. The highest BCUT2D eigenvalue weighted by molar-refractivity contribution is 7.86. The van der Waals surface area contributed by atoms with E-state index in [1.54, 1.807) is 10.4 Å². The minimum absolute atomic E-state index is 0.0799. The summed E-state index contributed by atoms with van der Waals surface area (Å²) < 4.78 is 40.4. The number of nitrogens with zero attached hydrogens (tertiary/aromatic N) is 2. The molecule has 1 aromatic rings. The van der Waals surface area contributed by atoms with Crippen LogP contribution in [-0.2, 0) is 14.9 Å². The van der Waals surface area contributed by atoms with Gasteiger partial charge in [0.2, 0.25) is 0 Å². The van der Waals surface area contributed by atoms with Gasteiger partial charge in [0.05, 0.1) is 25.2 Å². The fourth-order valence-corrected chi connectivity index (χ4v) is 5.66. The molecule has 1 spiro atoms. The first-order valence-electron chi connectivity index (χ1n) is 9.14. The smallest absolute Gasteiger partial charge is 0.282 e. The number of ether oxygens (including phenoxy) is 2. The number of para-hydroxylation sites is 1. The van der Waals surface area contributed by atoms with E-state index in [-0.39, 0.29) is 5.78 Å². The fraction of sp³-hybridized carbons (Fsp3) is 0.611. The highest BCUT2D eigenvalue weighted by Crippen LogP contribution is 2.39. The second-order valence-corrected chi connectivity index (χ2v) is 9.08. The number of ketones is 1. The van der Waals surface area contributed by atoms with Crippen LogP contribution in [0.15, 0.2) is 24.3 Å². The quantitative estimate of drug-likeness (QED) is 0.776. The molecule has 1 unspecified atom stereocenters. The summed E-state index contributed by atoms with van der Waals surface area (Å²) in [6.07, 6.45) is 2.20. The Balaban J connectivity index is 1.51. The van der Waals surface area contributed by atoms with Crippen LogP contribution in [0.1, 0.15) is 36.0 Å². The Bertz CT molecular complexity index is 791. The van der Waals surface area contributed by atoms with Gasteiger partial charge in [-0.15, -0.1) is 0 Å². The number of hydrogen-bond acceptors (Lipinski definition) is 5. The van der Waals surface area contributed by atoms with Crippen LogP contribution in [0.25, 0.3) is 0 Å². The zero-order valence-electron chi connectivity index (χ0n) is 14.7. The van der Waals surface area contributed by atoms with Gasteiger partial charge in [-0.3, -0.25) is 4.79 Å². The van der Waals surface area contributed by atoms with Gasteiger partial charge in [-0.1, -0.05) is 12.1 Å². The van der Waals surface area contributed by atoms with Crippen LogP contribution >= 0.6 is 0 Å². The van der Waals surface area contributed by atoms with Gasteiger partial charge in [-0.05, 0) is 25.0 Å². The van der Waals surface area contributed by atoms with Crippen molar-refractivity contribution < 1.29 is 22.7 Å². The summed E-state index contributed by atoms with van der Waals surface area (Å²) in [6.45, 7) is 2.49. The zero-order chi connectivity index (χ0) is 18.2. The van der Waals surface area contributed by atoms with E-state index < -0.39 is 15.8 Å². The average Bonchev–Trinajstić information content (AvgIpc) is 2.85. The van der Waals surface area contributed by atoms with E-state index in [4.69, 9.17) is 9.47 Å². The number of morpholine rings is 1. The summed E-state index contributed by atoms with van der Waals surface area (Å²) >= 11 is 0. The first kappa shape index (κ1) is 17.9. The van der Waals surface area contributed by atoms with Gasteiger partial charge in [0.25, 0.3) is 10.2 Å². The number of Topliss-reactive ketones (excluding diaryl/α,β-unsaturated/α-hetero) is 1. The number of hydrogen-bond donors (Lipinski definition) is 0. The maximum atomic E-state index is 12.9. The van der Waals surface area contributed by atoms with Gasteiger partial charge in [-0.2, -0.15) is 17.0 Å². The van der Waals surface area contributed by atoms with Crippen LogP contribution in [0.4, 0.5) is 0 Å². The maximum absolute atomic E-state index is 12.9. The Kier molecular flexibility index (Phi) is 4.77. The minimum atomic E-state index is -3.49. The Morgan fingerprint density at radius 3 is 2.50 bits per heavy atom. The van der Waals surface area contributed by atoms with Crippen molar-refractivity contribution in [1.29, 1.82) is 0 Å². The molecule has 1 aromatic carbocycles. The van der Waals surface area contributed by atoms with E-state index in [9.17, 15) is 13.2 Å². The number of rotatable bonds is 2. The van der Waals surface area contributed by atoms with E-state index >= 15 is 0 Å². The molecule has 0 saturated carbocycles. The molecule has 142 valence electrons. The lowest BCUT2D eigenvalue weighted by molar-refractivity contribution is 0.0310. The molecule has 0 bridgehead atoms. The zero-order valence-corrected chi connectivity index (χ0v) is 15.5. The van der Waals surface area contributed by atoms with Crippen molar-refractivity contribution in [3.05, 3.63) is 29.8 Å². The second-order valence-electron chi connectivity index (χ2n) is 7.15. The highest BCUT2D eigenvalue weighted by atomic mass is 32.2. The molecule has 2 fully saturated rings. The fourth-order valence-electron chi connectivity index (χ4n) is 4.04. The molecule has 1 atom stereocenters. The molecule has 0 radical (unpaired) electrons. The summed E-state index contributed by atoms with van der Waals surface area (Å²) in [5, 5.41) is 0. The summed E-state index contributed by atoms with van der Waals surface area (Å²) in [6, 6.07) is 7.30. The summed E-state index contributed by atoms with van der Waals surface area (Å²) in [5.74, 6) is 0.699. The molecule has 2 saturated heterocycles. The van der Waals surface area contributed by atoms with Crippen molar-refractivity contribution in [1.82, 2.24) is 8.61 Å². The van der Waals surface area contributed by atoms with E-state index in [0.29, 0.717) is 76.4 Å². The first-order chi connectivity index (χ1) is 12.5. The molecule has 0 amide bonds. The van der Waals surface area contributed by atoms with Gasteiger partial charge in [0.1, 0.15) is 11.4 Å². The van der Waals surface area contributed by atoms with Crippen LogP contribution in [0.5, 0.6) is 5.75 Å². The highest BCUT2D eigenvalue weighted by Gasteiger charge is 2.43. The van der Waals surface area contributed by atoms with Gasteiger partial charge in [-0.25, -0.2) is 0 Å². The molecule has 0 N–H and O–H groups in total. The van der Waals surface area contributed by atoms with Crippen molar-refractivity contribution in [2.75, 3.05) is 39.4 Å². The van der Waals surface area contributed by atoms with Gasteiger partial charge in [0, 0.05) is 32.6 Å². The van der Waals surface area contributed by atoms with Gasteiger partial charge < -0.3 is 9.47 Å². The van der Waals surface area contributed by atoms with Crippen molar-refractivity contribution >= 4 is 16.0 Å². The van der Waals surface area contributed by atoms with Crippen molar-refractivity contribution in [3.8, 4) is 5.75 Å². The normalized spacial score (nSPS) is 28.4. The Morgan fingerprint density at radius 1 is 0.962 bits per heavy atom. The Morgan fingerprint density at radius 2 is 1.69 bits per heavy atom. The third kappa shape index (κ3) is 3.26. The predicted octanol–water partition coefficient (Wildman–Crippen LogP) is 1.45. The van der Waals surface area contributed by atoms with Crippen LogP contribution in [0.3, 0.4) is 0 Å². The molecule has 0 aliphatic carbocycles. The van der Waals surface area contributed by atoms with Crippen LogP contribution in [-0.4, -0.2) is 67.8 Å². The van der Waals surface area contributed by atoms with Crippen LogP contribution < -0.4 is 4.74 Å². The number of fused-ring (bicyclic) bond motifs is 1. The van der Waals surface area contributed by atoms with Crippen molar-refractivity contribution in [3.63, 3.8) is 0 Å². The largest absolute Gasteiger partial charge is 0.486 e. The summed E-state index contributed by atoms with van der Waals surface area (Å²) in [4.78, 5) is 12.6. The SMILES string of the molecule is O=C1CC2(CCCN(S(=O)(=O)N3CCOCC3)CC2)Oc2ccccc21. The van der Waals surface area contributed by atoms with E-state index in [0.717, 1.165) is 0 Å². The standard InChI is InChI=1S/C18H24N2O5S/c21-16-14-18(25-17-5-2-1-4-15(16)17)6-3-8-19(9-7-18)26(22,23)20-10-12-24-13-11-20/h1-2,4-5H,3,6-14H2. The van der Waals surface area contributed by atoms with Gasteiger partial charge >= 0.3 is 0 Å². The average molecular weight is 380 g/mol. The molecule has 0 aromatic heterocycles. The lowest BCUT2D eigenvalue weighted by atomic mass is 9.84. The monoisotopic (exact) mass is 380 g/mol. The topological polar surface area (TPSA) is 76.2 Å². The van der Waals surface area contributed by atoms with Crippen molar-refractivity contribution in [2.24, 2.45) is 0 Å². The summed E-state index contributed by atoms with van der Waals surface area (Å²) in [7, 11) is -3.49. The second kappa shape index (κ2) is 6.92. The minimum Gasteiger partial charge on any atom is -0.486 e. The van der Waals surface area contributed by atoms with E-state index in [1.807, 2.05) is 18.2 Å². The Labute approximate surface area is 154 Å². The lowest BCUT2D eigenvalue weighted by Gasteiger charge is -2.37. The van der Waals surface area contributed by atoms with E-state index in [1.165, 1.54) is 4.31 Å². The lowest BCUT2D eigenvalue weighted by Crippen LogP contribution is -2.49. The molecule has 4 rings (SSSR count). The molecular formula is C18H24N2O5S. The molecular weight excluding hydrogens is 356 g/mol. The number of carbonyl (C=O) groups excluding carboxylic acids is 1. The predicted molar refractivity (Wildman–Crippen MR) is 95.5 cm³/mol. The van der Waals surface area contributed by atoms with Crippen LogP contribution in [0, 0.1) is 0 Å². The third-order valence-corrected chi connectivity index (χ3v) is 7.51. The number of carbonyl (C=O) groups is 1. The Hall–Kier alpha value is -1.48. The maximum Gasteiger partial charge on any atom is 0.282 e.